The molecular weight excluding hydrogens is 280 g/mol. The first-order valence-electron chi connectivity index (χ1n) is 8.88. The molecule has 0 saturated carbocycles. The van der Waals surface area contributed by atoms with E-state index < -0.39 is 0 Å². The smallest absolute Gasteiger partial charge is 0.306 e. The van der Waals surface area contributed by atoms with Crippen molar-refractivity contribution in [3.63, 3.8) is 0 Å². The lowest BCUT2D eigenvalue weighted by atomic mass is 10.1. The Labute approximate surface area is 135 Å². The van der Waals surface area contributed by atoms with E-state index in [1.54, 1.807) is 0 Å². The maximum atomic E-state index is 11.7. The Morgan fingerprint density at radius 1 is 0.727 bits per heavy atom. The molecule has 0 aromatic carbocycles. The monoisotopic (exact) mass is 314 g/mol. The maximum Gasteiger partial charge on any atom is 0.306 e. The topological polar surface area (TPSA) is 52.6 Å². The highest BCUT2D eigenvalue weighted by Gasteiger charge is 2.12. The summed E-state index contributed by atoms with van der Waals surface area (Å²) >= 11 is 0. The van der Waals surface area contributed by atoms with Crippen LogP contribution in [0.4, 0.5) is 0 Å². The second-order valence-electron chi connectivity index (χ2n) is 6.09. The van der Waals surface area contributed by atoms with Crippen molar-refractivity contribution in [3.8, 4) is 0 Å². The Hall–Kier alpha value is -1.06. The molecule has 2 unspecified atom stereocenters. The van der Waals surface area contributed by atoms with Crippen LogP contribution in [0.3, 0.4) is 0 Å². The molecule has 0 aromatic heterocycles. The van der Waals surface area contributed by atoms with Gasteiger partial charge in [-0.1, -0.05) is 39.5 Å². The van der Waals surface area contributed by atoms with Crippen LogP contribution >= 0.6 is 0 Å². The molecule has 0 aliphatic carbocycles. The molecule has 0 saturated heterocycles. The van der Waals surface area contributed by atoms with Gasteiger partial charge in [-0.05, 0) is 39.5 Å². The van der Waals surface area contributed by atoms with Gasteiger partial charge < -0.3 is 9.47 Å². The van der Waals surface area contributed by atoms with Gasteiger partial charge in [0, 0.05) is 12.8 Å². The SMILES string of the molecule is CCCCCC(C)OC(=O)CCCC(=O)OC(C)CCCC. The van der Waals surface area contributed by atoms with Gasteiger partial charge in [-0.3, -0.25) is 9.59 Å². The second-order valence-corrected chi connectivity index (χ2v) is 6.09. The Balaban J connectivity index is 3.67. The van der Waals surface area contributed by atoms with E-state index >= 15 is 0 Å². The van der Waals surface area contributed by atoms with Gasteiger partial charge in [0.1, 0.15) is 0 Å². The summed E-state index contributed by atoms with van der Waals surface area (Å²) in [7, 11) is 0. The normalized spacial score (nSPS) is 13.5. The number of hydrogen-bond acceptors (Lipinski definition) is 4. The van der Waals surface area contributed by atoms with Gasteiger partial charge in [0.05, 0.1) is 12.2 Å². The fourth-order valence-electron chi connectivity index (χ4n) is 2.23. The van der Waals surface area contributed by atoms with Crippen molar-refractivity contribution in [2.75, 3.05) is 0 Å². The van der Waals surface area contributed by atoms with Crippen LogP contribution in [-0.4, -0.2) is 24.1 Å². The first-order chi connectivity index (χ1) is 10.5. The number of esters is 2. The van der Waals surface area contributed by atoms with Crippen molar-refractivity contribution in [1.29, 1.82) is 0 Å². The van der Waals surface area contributed by atoms with E-state index in [9.17, 15) is 9.59 Å². The molecule has 2 atom stereocenters. The van der Waals surface area contributed by atoms with Crippen LogP contribution in [0.5, 0.6) is 0 Å². The zero-order valence-corrected chi connectivity index (χ0v) is 14.9. The molecule has 0 fully saturated rings. The van der Waals surface area contributed by atoms with E-state index in [1.165, 1.54) is 12.8 Å². The van der Waals surface area contributed by atoms with E-state index in [1.807, 2.05) is 13.8 Å². The van der Waals surface area contributed by atoms with Crippen molar-refractivity contribution in [3.05, 3.63) is 0 Å². The average Bonchev–Trinajstić information content (AvgIpc) is 2.45. The second kappa shape index (κ2) is 13.6. The van der Waals surface area contributed by atoms with Crippen LogP contribution in [0.2, 0.25) is 0 Å². The molecule has 0 heterocycles. The summed E-state index contributed by atoms with van der Waals surface area (Å²) in [5.41, 5.74) is 0. The number of rotatable bonds is 13. The van der Waals surface area contributed by atoms with Crippen LogP contribution in [0.15, 0.2) is 0 Å². The predicted octanol–water partition coefficient (Wildman–Crippen LogP) is 4.79. The van der Waals surface area contributed by atoms with Gasteiger partial charge in [-0.25, -0.2) is 0 Å². The maximum absolute atomic E-state index is 11.7. The molecule has 0 amide bonds. The summed E-state index contributed by atoms with van der Waals surface area (Å²) in [5, 5.41) is 0. The van der Waals surface area contributed by atoms with Crippen molar-refractivity contribution in [2.45, 2.75) is 104 Å². The lowest BCUT2D eigenvalue weighted by Gasteiger charge is -2.14. The minimum atomic E-state index is -0.215. The third kappa shape index (κ3) is 12.7. The molecule has 22 heavy (non-hydrogen) atoms. The van der Waals surface area contributed by atoms with Gasteiger partial charge in [0.25, 0.3) is 0 Å². The van der Waals surface area contributed by atoms with E-state index in [-0.39, 0.29) is 37.0 Å². The highest BCUT2D eigenvalue weighted by Crippen LogP contribution is 2.10. The molecule has 4 nitrogen and oxygen atoms in total. The molecule has 0 N–H and O–H groups in total. The molecule has 0 aromatic rings. The largest absolute Gasteiger partial charge is 0.463 e. The highest BCUT2D eigenvalue weighted by atomic mass is 16.5. The van der Waals surface area contributed by atoms with Gasteiger partial charge in [-0.15, -0.1) is 0 Å². The van der Waals surface area contributed by atoms with Gasteiger partial charge in [-0.2, -0.15) is 0 Å². The molecule has 0 spiro atoms. The number of carbonyl (C=O) groups is 2. The van der Waals surface area contributed by atoms with Crippen LogP contribution in [0.1, 0.15) is 91.9 Å². The highest BCUT2D eigenvalue weighted by molar-refractivity contribution is 5.72. The van der Waals surface area contributed by atoms with Gasteiger partial charge >= 0.3 is 11.9 Å². The zero-order chi connectivity index (χ0) is 16.8. The minimum absolute atomic E-state index is 0.0277. The summed E-state index contributed by atoms with van der Waals surface area (Å²) < 4.78 is 10.6. The van der Waals surface area contributed by atoms with E-state index in [2.05, 4.69) is 13.8 Å². The van der Waals surface area contributed by atoms with E-state index in [0.29, 0.717) is 6.42 Å². The lowest BCUT2D eigenvalue weighted by Crippen LogP contribution is -2.17. The molecule has 0 bridgehead atoms. The summed E-state index contributed by atoms with van der Waals surface area (Å²) in [4.78, 5) is 23.3. The van der Waals surface area contributed by atoms with Crippen molar-refractivity contribution < 1.29 is 19.1 Å². The Morgan fingerprint density at radius 3 is 1.64 bits per heavy atom. The van der Waals surface area contributed by atoms with Crippen molar-refractivity contribution in [2.24, 2.45) is 0 Å². The molecule has 0 aliphatic heterocycles. The first kappa shape index (κ1) is 20.9. The van der Waals surface area contributed by atoms with Crippen molar-refractivity contribution in [1.82, 2.24) is 0 Å². The van der Waals surface area contributed by atoms with Gasteiger partial charge in [0.2, 0.25) is 0 Å². The zero-order valence-electron chi connectivity index (χ0n) is 14.9. The lowest BCUT2D eigenvalue weighted by molar-refractivity contribution is -0.150. The van der Waals surface area contributed by atoms with Crippen LogP contribution in [0, 0.1) is 0 Å². The summed E-state index contributed by atoms with van der Waals surface area (Å²) in [5.74, 6) is -0.428. The minimum Gasteiger partial charge on any atom is -0.463 e. The molecule has 130 valence electrons. The molecule has 0 radical (unpaired) electrons. The number of unbranched alkanes of at least 4 members (excludes halogenated alkanes) is 3. The third-order valence-corrected chi connectivity index (χ3v) is 3.61. The fourth-order valence-corrected chi connectivity index (χ4v) is 2.23. The van der Waals surface area contributed by atoms with Crippen LogP contribution in [-0.2, 0) is 19.1 Å². The summed E-state index contributed by atoms with van der Waals surface area (Å²) in [6.07, 6.45) is 8.43. The summed E-state index contributed by atoms with van der Waals surface area (Å²) in [6, 6.07) is 0. The van der Waals surface area contributed by atoms with Gasteiger partial charge in [0.15, 0.2) is 0 Å². The first-order valence-corrected chi connectivity index (χ1v) is 8.88. The molecule has 4 heteroatoms. The van der Waals surface area contributed by atoms with Crippen LogP contribution < -0.4 is 0 Å². The molecular formula is C18H34O4. The Kier molecular flexibility index (Phi) is 12.9. The standard InChI is InChI=1S/C18H34O4/c1-5-7-9-12-16(4)22-18(20)14-10-13-17(19)21-15(3)11-8-6-2/h15-16H,5-14H2,1-4H3. The summed E-state index contributed by atoms with van der Waals surface area (Å²) in [6.45, 7) is 8.11. The quantitative estimate of drug-likeness (QED) is 0.362. The predicted molar refractivity (Wildman–Crippen MR) is 88.6 cm³/mol. The number of hydrogen-bond donors (Lipinski definition) is 0. The Morgan fingerprint density at radius 2 is 1.18 bits per heavy atom. The third-order valence-electron chi connectivity index (χ3n) is 3.61. The molecule has 0 aliphatic rings. The number of carbonyl (C=O) groups excluding carboxylic acids is 2. The van der Waals surface area contributed by atoms with E-state index in [0.717, 1.165) is 32.1 Å². The molecule has 0 rings (SSSR count). The Bertz CT molecular complexity index is 301. The van der Waals surface area contributed by atoms with Crippen LogP contribution in [0.25, 0.3) is 0 Å². The van der Waals surface area contributed by atoms with Crippen molar-refractivity contribution >= 4 is 11.9 Å². The fraction of sp³-hybridized carbons (Fsp3) is 0.889. The number of ether oxygens (including phenoxy) is 2. The van der Waals surface area contributed by atoms with E-state index in [4.69, 9.17) is 9.47 Å². The average molecular weight is 314 g/mol.